The molecule has 5 nitrogen and oxygen atoms in total. The summed E-state index contributed by atoms with van der Waals surface area (Å²) in [7, 11) is 0. The molecule has 1 aliphatic rings. The normalized spacial score (nSPS) is 13.6. The Morgan fingerprint density at radius 1 is 0.933 bits per heavy atom. The number of alkyl halides is 3. The number of rotatable bonds is 3. The zero-order valence-corrected chi connectivity index (χ0v) is 15.4. The summed E-state index contributed by atoms with van der Waals surface area (Å²) in [5.41, 5.74) is 4.84. The first-order valence-corrected chi connectivity index (χ1v) is 9.25. The Labute approximate surface area is 168 Å². The largest absolute Gasteiger partial charge is 0.573 e. The van der Waals surface area contributed by atoms with Gasteiger partial charge in [0.2, 0.25) is 0 Å². The summed E-state index contributed by atoms with van der Waals surface area (Å²) in [6, 6.07) is 8.98. The van der Waals surface area contributed by atoms with Crippen molar-refractivity contribution in [3.05, 3.63) is 60.3 Å². The molecule has 0 saturated carbocycles. The van der Waals surface area contributed by atoms with Gasteiger partial charge < -0.3 is 4.74 Å². The van der Waals surface area contributed by atoms with Gasteiger partial charge in [-0.05, 0) is 48.7 Å². The topological polar surface area (TPSA) is 52.8 Å². The predicted molar refractivity (Wildman–Crippen MR) is 101 cm³/mol. The number of aryl methyl sites for hydroxylation is 1. The third-order valence-electron chi connectivity index (χ3n) is 5.03. The van der Waals surface area contributed by atoms with E-state index >= 15 is 0 Å². The van der Waals surface area contributed by atoms with Crippen LogP contribution in [0, 0.1) is 5.82 Å². The third-order valence-corrected chi connectivity index (χ3v) is 5.03. The summed E-state index contributed by atoms with van der Waals surface area (Å²) >= 11 is 0. The molecule has 0 saturated heterocycles. The molecule has 0 N–H and O–H groups in total. The van der Waals surface area contributed by atoms with Crippen LogP contribution >= 0.6 is 0 Å². The van der Waals surface area contributed by atoms with Crippen molar-refractivity contribution in [2.45, 2.75) is 25.7 Å². The molecule has 0 atom stereocenters. The number of ether oxygens (including phenoxy) is 1. The van der Waals surface area contributed by atoms with Crippen LogP contribution in [0.25, 0.3) is 33.4 Å². The molecule has 30 heavy (non-hydrogen) atoms. The SMILES string of the molecule is Fc1ccc(-c2nn3c(c2-c2ccc4nccnc4c2)CCC3)cc1OC(F)(F)F. The highest BCUT2D eigenvalue weighted by Gasteiger charge is 2.33. The van der Waals surface area contributed by atoms with Crippen LogP contribution in [0.4, 0.5) is 17.6 Å². The summed E-state index contributed by atoms with van der Waals surface area (Å²) in [5.74, 6) is -1.98. The average molecular weight is 414 g/mol. The van der Waals surface area contributed by atoms with Crippen LogP contribution in [0.1, 0.15) is 12.1 Å². The molecular weight excluding hydrogens is 400 g/mol. The highest BCUT2D eigenvalue weighted by Crippen LogP contribution is 2.40. The lowest BCUT2D eigenvalue weighted by Crippen LogP contribution is -2.18. The first-order chi connectivity index (χ1) is 14.4. The molecule has 0 unspecified atom stereocenters. The second kappa shape index (κ2) is 6.79. The Morgan fingerprint density at radius 3 is 2.50 bits per heavy atom. The number of aromatic nitrogens is 4. The van der Waals surface area contributed by atoms with Crippen LogP contribution in [0.5, 0.6) is 5.75 Å². The molecule has 1 aliphatic heterocycles. The molecule has 3 heterocycles. The van der Waals surface area contributed by atoms with Gasteiger partial charge in [-0.25, -0.2) is 4.39 Å². The zero-order chi connectivity index (χ0) is 20.9. The molecule has 2 aromatic carbocycles. The number of fused-ring (bicyclic) bond motifs is 2. The minimum Gasteiger partial charge on any atom is -0.403 e. The van der Waals surface area contributed by atoms with E-state index in [0.29, 0.717) is 23.3 Å². The first kappa shape index (κ1) is 18.5. The zero-order valence-electron chi connectivity index (χ0n) is 15.4. The fraction of sp³-hybridized carbons (Fsp3) is 0.190. The van der Waals surface area contributed by atoms with Gasteiger partial charge in [-0.1, -0.05) is 6.07 Å². The van der Waals surface area contributed by atoms with E-state index < -0.39 is 17.9 Å². The number of halogens is 4. The number of benzene rings is 2. The Morgan fingerprint density at radius 2 is 1.70 bits per heavy atom. The molecule has 0 bridgehead atoms. The maximum absolute atomic E-state index is 13.9. The summed E-state index contributed by atoms with van der Waals surface area (Å²) in [5, 5.41) is 4.61. The first-order valence-electron chi connectivity index (χ1n) is 9.25. The molecule has 2 aromatic heterocycles. The average Bonchev–Trinajstić information content (AvgIpc) is 3.29. The molecule has 0 aliphatic carbocycles. The molecule has 4 aromatic rings. The van der Waals surface area contributed by atoms with E-state index in [2.05, 4.69) is 19.8 Å². The Kier molecular flexibility index (Phi) is 4.19. The lowest BCUT2D eigenvalue weighted by Gasteiger charge is -2.11. The minimum absolute atomic E-state index is 0.340. The molecule has 5 rings (SSSR count). The fourth-order valence-electron chi connectivity index (χ4n) is 3.81. The molecule has 0 fully saturated rings. The molecule has 152 valence electrons. The Balaban J connectivity index is 1.68. The summed E-state index contributed by atoms with van der Waals surface area (Å²) in [4.78, 5) is 8.59. The number of hydrogen-bond acceptors (Lipinski definition) is 4. The van der Waals surface area contributed by atoms with Crippen molar-refractivity contribution < 1.29 is 22.3 Å². The summed E-state index contributed by atoms with van der Waals surface area (Å²) in [6.07, 6.45) is -0.0833. The van der Waals surface area contributed by atoms with Gasteiger partial charge in [0, 0.05) is 35.8 Å². The van der Waals surface area contributed by atoms with E-state index in [0.717, 1.165) is 47.3 Å². The van der Waals surface area contributed by atoms with Gasteiger partial charge in [-0.2, -0.15) is 5.10 Å². The van der Waals surface area contributed by atoms with Crippen molar-refractivity contribution in [2.75, 3.05) is 0 Å². The van der Waals surface area contributed by atoms with Gasteiger partial charge in [0.1, 0.15) is 5.69 Å². The Bertz CT molecular complexity index is 1270. The minimum atomic E-state index is -4.99. The maximum Gasteiger partial charge on any atom is 0.573 e. The number of hydrogen-bond donors (Lipinski definition) is 0. The second-order valence-electron chi connectivity index (χ2n) is 6.95. The molecular formula is C21H14F4N4O. The van der Waals surface area contributed by atoms with Crippen LogP contribution in [0.2, 0.25) is 0 Å². The van der Waals surface area contributed by atoms with Crippen LogP contribution in [0.15, 0.2) is 48.8 Å². The van der Waals surface area contributed by atoms with Gasteiger partial charge >= 0.3 is 6.36 Å². The van der Waals surface area contributed by atoms with Crippen molar-refractivity contribution in [2.24, 2.45) is 0 Å². The Hall–Kier alpha value is -3.49. The van der Waals surface area contributed by atoms with Crippen LogP contribution < -0.4 is 4.74 Å². The van der Waals surface area contributed by atoms with Gasteiger partial charge in [-0.15, -0.1) is 13.2 Å². The smallest absolute Gasteiger partial charge is 0.403 e. The van der Waals surface area contributed by atoms with E-state index in [9.17, 15) is 17.6 Å². The highest BCUT2D eigenvalue weighted by atomic mass is 19.4. The van der Waals surface area contributed by atoms with Crippen LogP contribution in [0.3, 0.4) is 0 Å². The number of nitrogens with zero attached hydrogens (tertiary/aromatic N) is 4. The van der Waals surface area contributed by atoms with E-state index in [1.807, 2.05) is 22.9 Å². The fourth-order valence-corrected chi connectivity index (χ4v) is 3.81. The summed E-state index contributed by atoms with van der Waals surface area (Å²) < 4.78 is 57.6. The summed E-state index contributed by atoms with van der Waals surface area (Å²) in [6.45, 7) is 0.711. The lowest BCUT2D eigenvalue weighted by atomic mass is 9.97. The van der Waals surface area contributed by atoms with Crippen molar-refractivity contribution in [1.82, 2.24) is 19.7 Å². The van der Waals surface area contributed by atoms with Gasteiger partial charge in [0.15, 0.2) is 11.6 Å². The molecule has 0 amide bonds. The predicted octanol–water partition coefficient (Wildman–Crippen LogP) is 5.14. The monoisotopic (exact) mass is 414 g/mol. The van der Waals surface area contributed by atoms with Crippen LogP contribution in [-0.2, 0) is 13.0 Å². The van der Waals surface area contributed by atoms with E-state index in [1.54, 1.807) is 12.4 Å². The molecule has 9 heteroatoms. The van der Waals surface area contributed by atoms with Crippen LogP contribution in [-0.4, -0.2) is 26.1 Å². The highest BCUT2D eigenvalue weighted by molar-refractivity contribution is 5.88. The third kappa shape index (κ3) is 3.26. The van der Waals surface area contributed by atoms with Crippen molar-refractivity contribution in [3.8, 4) is 28.1 Å². The van der Waals surface area contributed by atoms with Gasteiger partial charge in [0.25, 0.3) is 0 Å². The van der Waals surface area contributed by atoms with Gasteiger partial charge in [0.05, 0.1) is 11.0 Å². The van der Waals surface area contributed by atoms with Crippen molar-refractivity contribution >= 4 is 11.0 Å². The van der Waals surface area contributed by atoms with Crippen molar-refractivity contribution in [1.29, 1.82) is 0 Å². The lowest BCUT2D eigenvalue weighted by molar-refractivity contribution is -0.275. The molecule has 0 spiro atoms. The second-order valence-corrected chi connectivity index (χ2v) is 6.95. The maximum atomic E-state index is 13.9. The van der Waals surface area contributed by atoms with E-state index in [1.165, 1.54) is 6.07 Å². The quantitative estimate of drug-likeness (QED) is 0.436. The van der Waals surface area contributed by atoms with E-state index in [-0.39, 0.29) is 0 Å². The van der Waals surface area contributed by atoms with E-state index in [4.69, 9.17) is 0 Å². The van der Waals surface area contributed by atoms with Gasteiger partial charge in [-0.3, -0.25) is 14.6 Å². The van der Waals surface area contributed by atoms with Crippen molar-refractivity contribution in [3.63, 3.8) is 0 Å². The standard InChI is InChI=1S/C21H14F4N4O/c22-14-5-3-13(11-18(14)30-21(23,24)25)20-19(17-2-1-9-29(17)28-20)12-4-6-15-16(10-12)27-8-7-26-15/h3-8,10-11H,1-2,9H2. The molecule has 0 radical (unpaired) electrons.